The van der Waals surface area contributed by atoms with E-state index in [4.69, 9.17) is 16.3 Å². The van der Waals surface area contributed by atoms with E-state index in [2.05, 4.69) is 5.32 Å². The molecule has 118 valence electrons. The van der Waals surface area contributed by atoms with Crippen LogP contribution in [0.2, 0.25) is 5.02 Å². The topological polar surface area (TPSA) is 58.6 Å². The minimum absolute atomic E-state index is 0.0193. The molecule has 0 bridgehead atoms. The van der Waals surface area contributed by atoms with Crippen LogP contribution < -0.4 is 10.1 Å². The highest BCUT2D eigenvalue weighted by molar-refractivity contribution is 7.89. The summed E-state index contributed by atoms with van der Waals surface area (Å²) in [6, 6.07) is 4.59. The van der Waals surface area contributed by atoms with Crippen LogP contribution in [0.25, 0.3) is 0 Å². The third kappa shape index (κ3) is 3.51. The first kappa shape index (κ1) is 16.5. The first-order chi connectivity index (χ1) is 10.0. The number of nitrogens with zero attached hydrogens (tertiary/aromatic N) is 1. The molecule has 1 saturated heterocycles. The van der Waals surface area contributed by atoms with E-state index < -0.39 is 10.0 Å². The fourth-order valence-electron chi connectivity index (χ4n) is 2.68. The number of hydrogen-bond donors (Lipinski definition) is 1. The molecular weight excluding hydrogens is 312 g/mol. The second kappa shape index (κ2) is 6.96. The van der Waals surface area contributed by atoms with Crippen LogP contribution in [0.3, 0.4) is 0 Å². The highest BCUT2D eigenvalue weighted by Gasteiger charge is 2.33. The lowest BCUT2D eigenvalue weighted by molar-refractivity contribution is 0.273. The highest BCUT2D eigenvalue weighted by Crippen LogP contribution is 2.31. The van der Waals surface area contributed by atoms with Crippen LogP contribution in [0.1, 0.15) is 19.8 Å². The first-order valence-corrected chi connectivity index (χ1v) is 8.88. The summed E-state index contributed by atoms with van der Waals surface area (Å²) >= 11 is 5.91. The number of piperidine rings is 1. The Morgan fingerprint density at radius 2 is 2.24 bits per heavy atom. The molecule has 1 atom stereocenters. The molecule has 1 aromatic rings. The van der Waals surface area contributed by atoms with E-state index >= 15 is 0 Å². The lowest BCUT2D eigenvalue weighted by atomic mass is 10.1. The lowest BCUT2D eigenvalue weighted by Crippen LogP contribution is -2.48. The monoisotopic (exact) mass is 332 g/mol. The molecule has 0 aliphatic carbocycles. The van der Waals surface area contributed by atoms with Gasteiger partial charge in [-0.1, -0.05) is 18.5 Å². The van der Waals surface area contributed by atoms with E-state index in [0.29, 0.717) is 18.1 Å². The quantitative estimate of drug-likeness (QED) is 0.897. The number of benzene rings is 1. The summed E-state index contributed by atoms with van der Waals surface area (Å²) in [7, 11) is -2.15. The molecule has 1 aliphatic heterocycles. The van der Waals surface area contributed by atoms with Crippen molar-refractivity contribution in [3.05, 3.63) is 23.2 Å². The van der Waals surface area contributed by atoms with E-state index in [-0.39, 0.29) is 16.7 Å². The van der Waals surface area contributed by atoms with E-state index in [9.17, 15) is 8.42 Å². The van der Waals surface area contributed by atoms with Crippen molar-refractivity contribution in [2.24, 2.45) is 0 Å². The summed E-state index contributed by atoms with van der Waals surface area (Å²) in [5.41, 5.74) is 0. The Bertz CT molecular complexity index is 586. The van der Waals surface area contributed by atoms with Gasteiger partial charge < -0.3 is 10.1 Å². The van der Waals surface area contributed by atoms with Gasteiger partial charge in [-0.3, -0.25) is 0 Å². The van der Waals surface area contributed by atoms with Gasteiger partial charge in [0, 0.05) is 30.2 Å². The Kier molecular flexibility index (Phi) is 5.48. The van der Waals surface area contributed by atoms with Crippen LogP contribution in [-0.2, 0) is 10.0 Å². The summed E-state index contributed by atoms with van der Waals surface area (Å²) in [5.74, 6) is 0.282. The first-order valence-electron chi connectivity index (χ1n) is 7.06. The average molecular weight is 333 g/mol. The number of likely N-dealkylation sites (N-methyl/N-ethyl adjacent to an activating group) is 1. The molecule has 0 spiro atoms. The molecule has 1 fully saturated rings. The van der Waals surface area contributed by atoms with Crippen molar-refractivity contribution in [2.45, 2.75) is 30.7 Å². The number of halogens is 1. The highest BCUT2D eigenvalue weighted by atomic mass is 35.5. The summed E-state index contributed by atoms with van der Waals surface area (Å²) in [5, 5.41) is 3.70. The van der Waals surface area contributed by atoms with Crippen molar-refractivity contribution in [3.63, 3.8) is 0 Å². The van der Waals surface area contributed by atoms with Crippen LogP contribution >= 0.6 is 11.6 Å². The number of methoxy groups -OCH3 is 1. The Hall–Kier alpha value is -0.820. The number of hydrogen-bond acceptors (Lipinski definition) is 4. The molecule has 1 unspecified atom stereocenters. The summed E-state index contributed by atoms with van der Waals surface area (Å²) < 4.78 is 32.6. The van der Waals surface area contributed by atoms with Crippen LogP contribution in [0.4, 0.5) is 0 Å². The second-order valence-corrected chi connectivity index (χ2v) is 7.30. The predicted molar refractivity (Wildman–Crippen MR) is 83.5 cm³/mol. The third-order valence-electron chi connectivity index (χ3n) is 3.70. The maximum atomic E-state index is 12.9. The van der Waals surface area contributed by atoms with Crippen molar-refractivity contribution in [3.8, 4) is 5.75 Å². The maximum absolute atomic E-state index is 12.9. The van der Waals surface area contributed by atoms with E-state index in [1.54, 1.807) is 10.4 Å². The molecule has 0 radical (unpaired) electrons. The zero-order valence-corrected chi connectivity index (χ0v) is 13.9. The van der Waals surface area contributed by atoms with Gasteiger partial charge in [0.2, 0.25) is 10.0 Å². The van der Waals surface area contributed by atoms with Crippen molar-refractivity contribution < 1.29 is 13.2 Å². The lowest BCUT2D eigenvalue weighted by Gasteiger charge is -2.33. The summed E-state index contributed by atoms with van der Waals surface area (Å²) in [6.07, 6.45) is 1.85. The maximum Gasteiger partial charge on any atom is 0.247 e. The molecule has 1 aliphatic rings. The van der Waals surface area contributed by atoms with Gasteiger partial charge in [0.25, 0.3) is 0 Å². The van der Waals surface area contributed by atoms with Crippen molar-refractivity contribution >= 4 is 21.6 Å². The van der Waals surface area contributed by atoms with Gasteiger partial charge in [-0.05, 0) is 31.5 Å². The molecule has 1 heterocycles. The molecule has 1 aromatic carbocycles. The average Bonchev–Trinajstić information content (AvgIpc) is 2.48. The van der Waals surface area contributed by atoms with Gasteiger partial charge in [0.15, 0.2) is 0 Å². The zero-order valence-electron chi connectivity index (χ0n) is 12.3. The third-order valence-corrected chi connectivity index (χ3v) is 6.00. The van der Waals surface area contributed by atoms with Crippen LogP contribution in [-0.4, -0.2) is 45.5 Å². The number of sulfonamides is 1. The van der Waals surface area contributed by atoms with E-state index in [1.165, 1.54) is 19.2 Å². The zero-order chi connectivity index (χ0) is 15.5. The molecule has 5 nitrogen and oxygen atoms in total. The Morgan fingerprint density at radius 3 is 2.81 bits per heavy atom. The number of rotatable bonds is 5. The molecule has 0 saturated carbocycles. The van der Waals surface area contributed by atoms with Crippen LogP contribution in [0.5, 0.6) is 5.75 Å². The molecular formula is C14H21ClN2O3S. The largest absolute Gasteiger partial charge is 0.495 e. The molecule has 0 aromatic heterocycles. The normalized spacial score (nSPS) is 19.7. The minimum atomic E-state index is -3.60. The molecule has 7 heteroatoms. The van der Waals surface area contributed by atoms with Gasteiger partial charge in [0.05, 0.1) is 7.11 Å². The fourth-order valence-corrected chi connectivity index (χ4v) is 4.65. The number of ether oxygens (including phenoxy) is 1. The molecule has 2 rings (SSSR count). The molecule has 21 heavy (non-hydrogen) atoms. The smallest absolute Gasteiger partial charge is 0.247 e. The number of nitrogens with one attached hydrogen (secondary N) is 1. The Morgan fingerprint density at radius 1 is 1.48 bits per heavy atom. The van der Waals surface area contributed by atoms with Crippen molar-refractivity contribution in [2.75, 3.05) is 26.7 Å². The van der Waals surface area contributed by atoms with Crippen molar-refractivity contribution in [1.29, 1.82) is 0 Å². The van der Waals surface area contributed by atoms with Gasteiger partial charge in [-0.25, -0.2) is 8.42 Å². The van der Waals surface area contributed by atoms with Gasteiger partial charge in [-0.15, -0.1) is 0 Å². The van der Waals surface area contributed by atoms with Gasteiger partial charge in [0.1, 0.15) is 10.6 Å². The molecule has 1 N–H and O–H groups in total. The predicted octanol–water partition coefficient (Wildman–Crippen LogP) is 2.11. The SMILES string of the molecule is CCN(C1CCCNC1)S(=O)(=O)c1ccc(Cl)cc1OC. The minimum Gasteiger partial charge on any atom is -0.495 e. The fraction of sp³-hybridized carbons (Fsp3) is 0.571. The Balaban J connectivity index is 2.39. The van der Waals surface area contributed by atoms with Gasteiger partial charge >= 0.3 is 0 Å². The van der Waals surface area contributed by atoms with Crippen LogP contribution in [0, 0.1) is 0 Å². The Labute approximate surface area is 131 Å². The summed E-state index contributed by atoms with van der Waals surface area (Å²) in [6.45, 7) is 3.91. The standard InChI is InChI=1S/C14H21ClN2O3S/c1-3-17(12-5-4-8-16-10-12)21(18,19)14-7-6-11(15)9-13(14)20-2/h6-7,9,12,16H,3-5,8,10H2,1-2H3. The van der Waals surface area contributed by atoms with Crippen LogP contribution in [0.15, 0.2) is 23.1 Å². The van der Waals surface area contributed by atoms with Crippen molar-refractivity contribution in [1.82, 2.24) is 9.62 Å². The molecule has 0 amide bonds. The second-order valence-electron chi connectivity index (χ2n) is 5.00. The van der Waals surface area contributed by atoms with E-state index in [1.807, 2.05) is 6.92 Å². The van der Waals surface area contributed by atoms with Gasteiger partial charge in [-0.2, -0.15) is 4.31 Å². The summed E-state index contributed by atoms with van der Waals surface area (Å²) in [4.78, 5) is 0.168. The van der Waals surface area contributed by atoms with E-state index in [0.717, 1.165) is 19.4 Å².